The summed E-state index contributed by atoms with van der Waals surface area (Å²) in [5.41, 5.74) is 5.76. The molecule has 0 heterocycles. The minimum atomic E-state index is 0.224. The Labute approximate surface area is 253 Å². The van der Waals surface area contributed by atoms with Crippen molar-refractivity contribution in [2.24, 2.45) is 28.6 Å². The molecule has 2 rings (SSSR count). The Kier molecular flexibility index (Phi) is 17.3. The van der Waals surface area contributed by atoms with E-state index in [-0.39, 0.29) is 22.4 Å². The normalized spacial score (nSPS) is 30.1. The number of hydrogen-bond donors (Lipinski definition) is 0. The monoisotopic (exact) mass is 736 g/mol. The first kappa shape index (κ1) is 36.8. The first-order valence-corrected chi connectivity index (χ1v) is 20.5. The molecule has 0 amide bonds. The largest absolute Gasteiger partial charge is 0.295 e. The van der Waals surface area contributed by atoms with Crippen LogP contribution in [0.2, 0.25) is 0 Å². The summed E-state index contributed by atoms with van der Waals surface area (Å²) in [7, 11) is 0. The third-order valence-electron chi connectivity index (χ3n) is 9.69. The molecule has 0 saturated carbocycles. The molecule has 0 aliphatic heterocycles. The van der Waals surface area contributed by atoms with Crippen molar-refractivity contribution in [3.05, 3.63) is 46.6 Å². The third kappa shape index (κ3) is 9.72. The van der Waals surface area contributed by atoms with Crippen molar-refractivity contribution in [3.63, 3.8) is 0 Å². The Hall–Kier alpha value is -0.240. The van der Waals surface area contributed by atoms with Crippen LogP contribution in [-0.2, 0) is 9.59 Å². The smallest absolute Gasteiger partial charge is 0.158 e. The average molecular weight is 737 g/mol. The van der Waals surface area contributed by atoms with E-state index in [2.05, 4.69) is 111 Å². The lowest BCUT2D eigenvalue weighted by Gasteiger charge is -2.44. The molecule has 0 N–H and O–H groups in total. The summed E-state index contributed by atoms with van der Waals surface area (Å²) in [4.78, 5) is 23.2. The number of carbonyl (C=O) groups excluding carboxylic acids is 2. The van der Waals surface area contributed by atoms with E-state index < -0.39 is 0 Å². The van der Waals surface area contributed by atoms with Crippen LogP contribution in [0.4, 0.5) is 0 Å². The summed E-state index contributed by atoms with van der Waals surface area (Å²) in [6, 6.07) is 0. The van der Waals surface area contributed by atoms with Crippen molar-refractivity contribution >= 4 is 48.8 Å². The van der Waals surface area contributed by atoms with Crippen molar-refractivity contribution in [3.8, 4) is 0 Å². The predicted octanol–water partition coefficient (Wildman–Crippen LogP) is 11.4. The molecular weight excluding hydrogens is 682 g/mol. The van der Waals surface area contributed by atoms with E-state index >= 15 is 0 Å². The molecule has 0 radical (unpaired) electrons. The molecule has 0 fully saturated rings. The van der Waals surface area contributed by atoms with E-state index in [0.717, 1.165) is 18.4 Å². The van der Waals surface area contributed by atoms with Crippen LogP contribution < -0.4 is 0 Å². The summed E-state index contributed by atoms with van der Waals surface area (Å²) in [6.45, 7) is 24.2. The van der Waals surface area contributed by atoms with Gasteiger partial charge in [-0.2, -0.15) is 0 Å². The molecule has 212 valence electrons. The van der Waals surface area contributed by atoms with Gasteiger partial charge in [-0.1, -0.05) is 84.8 Å². The second-order valence-electron chi connectivity index (χ2n) is 11.6. The molecule has 0 saturated heterocycles. The minimum absolute atomic E-state index is 0.224. The number of halogens is 2. The van der Waals surface area contributed by atoms with Gasteiger partial charge in [0, 0.05) is 56.0 Å². The van der Waals surface area contributed by atoms with Gasteiger partial charge < -0.3 is 0 Å². The molecule has 37 heavy (non-hydrogen) atoms. The molecule has 0 aromatic carbocycles. The first-order valence-electron chi connectivity index (χ1n) is 14.3. The van der Waals surface area contributed by atoms with Crippen LogP contribution in [0.15, 0.2) is 46.6 Å². The van der Waals surface area contributed by atoms with Crippen LogP contribution in [0.3, 0.4) is 0 Å². The molecule has 5 unspecified atom stereocenters. The highest BCUT2D eigenvalue weighted by Crippen LogP contribution is 2.49. The number of hydrogen-bond acceptors (Lipinski definition) is 2. The summed E-state index contributed by atoms with van der Waals surface area (Å²) in [5, 5.41) is 0. The maximum absolute atomic E-state index is 11.8. The van der Waals surface area contributed by atoms with Gasteiger partial charge in [0.05, 0.1) is 0 Å². The predicted molar refractivity (Wildman–Crippen MR) is 180 cm³/mol. The van der Waals surface area contributed by atoms with E-state index in [1.54, 1.807) is 6.08 Å². The van der Waals surface area contributed by atoms with Gasteiger partial charge in [0.25, 0.3) is 0 Å². The summed E-state index contributed by atoms with van der Waals surface area (Å²) in [6.07, 6.45) is 15.6. The van der Waals surface area contributed by atoms with Crippen LogP contribution >= 0.6 is 37.2 Å². The molecule has 0 aromatic heterocycles. The van der Waals surface area contributed by atoms with Crippen LogP contribution in [0.5, 0.6) is 0 Å². The van der Waals surface area contributed by atoms with E-state index in [1.807, 2.05) is 20.8 Å². The summed E-state index contributed by atoms with van der Waals surface area (Å²) >= 11 is 4.24. The molecule has 2 nitrogen and oxygen atoms in total. The third-order valence-corrected chi connectivity index (χ3v) is 9.69. The van der Waals surface area contributed by atoms with Crippen molar-refractivity contribution in [1.82, 2.24) is 0 Å². The fraction of sp³-hybridized carbons (Fsp3) is 0.697. The van der Waals surface area contributed by atoms with Gasteiger partial charge >= 0.3 is 0 Å². The van der Waals surface area contributed by atoms with Gasteiger partial charge in [-0.15, -0.1) is 0 Å². The Bertz CT molecular complexity index is 879. The molecular formula is C33H54I2O2. The highest BCUT2D eigenvalue weighted by molar-refractivity contribution is 15.0. The lowest BCUT2D eigenvalue weighted by atomic mass is 9.60. The summed E-state index contributed by atoms with van der Waals surface area (Å²) in [5.74, 6) is 2.30. The number of Topliss-reactive ketones (excluding diaryl/α,β-unsaturated/α-hetero) is 1. The fourth-order valence-electron chi connectivity index (χ4n) is 5.90. The Morgan fingerprint density at radius 2 is 1.59 bits per heavy atom. The van der Waals surface area contributed by atoms with E-state index in [0.29, 0.717) is 30.6 Å². The van der Waals surface area contributed by atoms with Crippen molar-refractivity contribution in [2.45, 2.75) is 121 Å². The second-order valence-corrected chi connectivity index (χ2v) is 11.6. The lowest BCUT2D eigenvalue weighted by Crippen LogP contribution is -2.36. The standard InChI is InChI=1S/C17H28O.C16H26O.I2/c1-7-16(18)13(4)11-15-12(3)9-10-14(5)17(15,6)8-2;1-6-14(17)10-11-15-12(3)8-9-13(4)16(15,5)7-2;1-2/h9,11,14-15H,7-8,10H2,1-6H3;10-11,13H,6-9H2,1-5H3;/b13-11+;11-10+;. The van der Waals surface area contributed by atoms with Crippen molar-refractivity contribution in [2.75, 3.05) is 0 Å². The molecule has 0 aromatic rings. The van der Waals surface area contributed by atoms with Gasteiger partial charge in [0.15, 0.2) is 11.6 Å². The fourth-order valence-corrected chi connectivity index (χ4v) is 5.90. The van der Waals surface area contributed by atoms with Crippen LogP contribution in [-0.4, -0.2) is 11.6 Å². The van der Waals surface area contributed by atoms with Gasteiger partial charge in [-0.05, 0) is 92.8 Å². The van der Waals surface area contributed by atoms with Crippen LogP contribution in [0, 0.1) is 28.6 Å². The summed E-state index contributed by atoms with van der Waals surface area (Å²) < 4.78 is 0. The molecule has 4 heteroatoms. The maximum atomic E-state index is 11.8. The molecule has 2 aliphatic rings. The minimum Gasteiger partial charge on any atom is -0.295 e. The molecule has 2 aliphatic carbocycles. The number of rotatable bonds is 8. The molecule has 5 atom stereocenters. The van der Waals surface area contributed by atoms with Crippen LogP contribution in [0.25, 0.3) is 0 Å². The van der Waals surface area contributed by atoms with Gasteiger partial charge in [-0.3, -0.25) is 9.59 Å². The van der Waals surface area contributed by atoms with E-state index in [4.69, 9.17) is 0 Å². The van der Waals surface area contributed by atoms with Gasteiger partial charge in [0.1, 0.15) is 0 Å². The van der Waals surface area contributed by atoms with E-state index in [1.165, 1.54) is 36.0 Å². The number of carbonyl (C=O) groups is 2. The zero-order chi connectivity index (χ0) is 29.0. The number of allylic oxidation sites excluding steroid dienone is 8. The highest BCUT2D eigenvalue weighted by Gasteiger charge is 2.39. The number of ketones is 2. The SMILES string of the molecule is CCC(=O)/C(C)=C/C1C(C)=CCC(C)C1(C)CC.CCC(=O)/C=C/C1=C(C)CCC(C)C1(C)CC.II. The highest BCUT2D eigenvalue weighted by atomic mass is 128. The average Bonchev–Trinajstić information content (AvgIpc) is 2.91. The quantitative estimate of drug-likeness (QED) is 0.141. The molecule has 0 spiro atoms. The topological polar surface area (TPSA) is 34.1 Å². The Morgan fingerprint density at radius 3 is 2.08 bits per heavy atom. The van der Waals surface area contributed by atoms with E-state index in [9.17, 15) is 9.59 Å². The molecule has 0 bridgehead atoms. The zero-order valence-electron chi connectivity index (χ0n) is 25.6. The van der Waals surface area contributed by atoms with Crippen molar-refractivity contribution in [1.29, 1.82) is 0 Å². The second kappa shape index (κ2) is 17.5. The van der Waals surface area contributed by atoms with Gasteiger partial charge in [0.2, 0.25) is 0 Å². The van der Waals surface area contributed by atoms with Gasteiger partial charge in [-0.25, -0.2) is 0 Å². The Balaban J connectivity index is 0.000000657. The maximum Gasteiger partial charge on any atom is 0.158 e. The zero-order valence-corrected chi connectivity index (χ0v) is 29.9. The first-order chi connectivity index (χ1) is 17.3. The lowest BCUT2D eigenvalue weighted by molar-refractivity contribution is -0.115. The van der Waals surface area contributed by atoms with Crippen molar-refractivity contribution < 1.29 is 9.59 Å². The van der Waals surface area contributed by atoms with Crippen LogP contribution in [0.1, 0.15) is 121 Å². The Morgan fingerprint density at radius 1 is 1.00 bits per heavy atom.